The van der Waals surface area contributed by atoms with E-state index in [0.29, 0.717) is 19.8 Å². The van der Waals surface area contributed by atoms with Crippen LogP contribution in [0, 0.1) is 0 Å². The van der Waals surface area contributed by atoms with Crippen LogP contribution in [0.25, 0.3) is 12.2 Å². The van der Waals surface area contributed by atoms with Crippen LogP contribution in [0.15, 0.2) is 133 Å². The molecule has 0 radical (unpaired) electrons. The SMILES string of the molecule is C(=C\c1ccc(OCc2ccccc2)c(OCc2ccccc2)c1)/c1ccc(OCc2ccccc2)cc1. The third-order valence-electron chi connectivity index (χ3n) is 6.04. The maximum absolute atomic E-state index is 6.21. The molecule has 188 valence electrons. The Balaban J connectivity index is 1.26. The lowest BCUT2D eigenvalue weighted by Crippen LogP contribution is -2.00. The largest absolute Gasteiger partial charge is 0.489 e. The number of benzene rings is 5. The smallest absolute Gasteiger partial charge is 0.162 e. The van der Waals surface area contributed by atoms with Gasteiger partial charge in [0.2, 0.25) is 0 Å². The highest BCUT2D eigenvalue weighted by Gasteiger charge is 2.08. The molecule has 0 bridgehead atoms. The minimum Gasteiger partial charge on any atom is -0.489 e. The van der Waals surface area contributed by atoms with Gasteiger partial charge in [0.25, 0.3) is 0 Å². The molecule has 0 atom stereocenters. The van der Waals surface area contributed by atoms with E-state index in [1.54, 1.807) is 0 Å². The van der Waals surface area contributed by atoms with Crippen LogP contribution in [-0.2, 0) is 19.8 Å². The molecule has 0 saturated heterocycles. The Kier molecular flexibility index (Phi) is 8.51. The average Bonchev–Trinajstić information content (AvgIpc) is 2.99. The summed E-state index contributed by atoms with van der Waals surface area (Å²) in [7, 11) is 0. The van der Waals surface area contributed by atoms with E-state index >= 15 is 0 Å². The predicted octanol–water partition coefficient (Wildman–Crippen LogP) is 8.59. The monoisotopic (exact) mass is 498 g/mol. The molecule has 0 spiro atoms. The van der Waals surface area contributed by atoms with Crippen molar-refractivity contribution in [3.05, 3.63) is 161 Å². The average molecular weight is 499 g/mol. The van der Waals surface area contributed by atoms with Gasteiger partial charge < -0.3 is 14.2 Å². The zero-order valence-electron chi connectivity index (χ0n) is 21.2. The van der Waals surface area contributed by atoms with E-state index in [9.17, 15) is 0 Å². The second-order valence-electron chi connectivity index (χ2n) is 8.93. The fourth-order valence-corrected chi connectivity index (χ4v) is 3.94. The van der Waals surface area contributed by atoms with Crippen molar-refractivity contribution < 1.29 is 14.2 Å². The molecule has 0 heterocycles. The first-order chi connectivity index (χ1) is 18.8. The third-order valence-corrected chi connectivity index (χ3v) is 6.04. The van der Waals surface area contributed by atoms with Crippen molar-refractivity contribution in [2.75, 3.05) is 0 Å². The molecule has 3 nitrogen and oxygen atoms in total. The summed E-state index contributed by atoms with van der Waals surface area (Å²) < 4.78 is 18.2. The highest BCUT2D eigenvalue weighted by atomic mass is 16.5. The van der Waals surface area contributed by atoms with Crippen molar-refractivity contribution in [3.8, 4) is 17.2 Å². The van der Waals surface area contributed by atoms with Crippen LogP contribution in [-0.4, -0.2) is 0 Å². The maximum Gasteiger partial charge on any atom is 0.162 e. The van der Waals surface area contributed by atoms with Crippen LogP contribution >= 0.6 is 0 Å². The van der Waals surface area contributed by atoms with Crippen LogP contribution in [0.5, 0.6) is 17.2 Å². The summed E-state index contributed by atoms with van der Waals surface area (Å²) in [5.41, 5.74) is 5.49. The quantitative estimate of drug-likeness (QED) is 0.171. The van der Waals surface area contributed by atoms with Gasteiger partial charge in [0, 0.05) is 0 Å². The molecule has 0 aliphatic rings. The van der Waals surface area contributed by atoms with Gasteiger partial charge in [-0.05, 0) is 52.1 Å². The Morgan fingerprint density at radius 2 is 0.842 bits per heavy atom. The van der Waals surface area contributed by atoms with Crippen LogP contribution in [0.4, 0.5) is 0 Å². The van der Waals surface area contributed by atoms with E-state index in [4.69, 9.17) is 14.2 Å². The molecule has 3 heteroatoms. The number of rotatable bonds is 11. The molecule has 0 aliphatic carbocycles. The molecule has 38 heavy (non-hydrogen) atoms. The Morgan fingerprint density at radius 3 is 1.39 bits per heavy atom. The minimum atomic E-state index is 0.472. The van der Waals surface area contributed by atoms with Crippen molar-refractivity contribution in [2.45, 2.75) is 19.8 Å². The summed E-state index contributed by atoms with van der Waals surface area (Å²) in [4.78, 5) is 0. The number of hydrogen-bond acceptors (Lipinski definition) is 3. The van der Waals surface area contributed by atoms with Crippen LogP contribution in [0.2, 0.25) is 0 Å². The van der Waals surface area contributed by atoms with E-state index in [1.165, 1.54) is 0 Å². The standard InChI is InChI=1S/C35H30O3/c1-4-10-30(11-5-1)25-36-33-21-18-28(19-22-33)16-17-29-20-23-34(37-26-31-12-6-2-7-13-31)35(24-29)38-27-32-14-8-3-9-15-32/h1-24H,25-27H2/b17-16+. The molecule has 0 fully saturated rings. The molecule has 5 rings (SSSR count). The molecular weight excluding hydrogens is 468 g/mol. The summed E-state index contributed by atoms with van der Waals surface area (Å²) in [6.07, 6.45) is 4.16. The second-order valence-corrected chi connectivity index (χ2v) is 8.93. The summed E-state index contributed by atoms with van der Waals surface area (Å²) in [5, 5.41) is 0. The molecule has 5 aromatic carbocycles. The van der Waals surface area contributed by atoms with Gasteiger partial charge in [-0.1, -0.05) is 121 Å². The van der Waals surface area contributed by atoms with Crippen molar-refractivity contribution in [1.29, 1.82) is 0 Å². The molecule has 0 saturated carbocycles. The first-order valence-corrected chi connectivity index (χ1v) is 12.7. The molecular formula is C35H30O3. The lowest BCUT2D eigenvalue weighted by Gasteiger charge is -2.14. The predicted molar refractivity (Wildman–Crippen MR) is 154 cm³/mol. The first kappa shape index (κ1) is 24.9. The van der Waals surface area contributed by atoms with Crippen molar-refractivity contribution in [3.63, 3.8) is 0 Å². The highest BCUT2D eigenvalue weighted by molar-refractivity contribution is 5.71. The van der Waals surface area contributed by atoms with Gasteiger partial charge in [-0.25, -0.2) is 0 Å². The van der Waals surface area contributed by atoms with E-state index in [2.05, 4.69) is 60.7 Å². The number of ether oxygens (including phenoxy) is 3. The van der Waals surface area contributed by atoms with Gasteiger partial charge in [-0.3, -0.25) is 0 Å². The van der Waals surface area contributed by atoms with E-state index in [-0.39, 0.29) is 0 Å². The topological polar surface area (TPSA) is 27.7 Å². The van der Waals surface area contributed by atoms with Crippen molar-refractivity contribution in [1.82, 2.24) is 0 Å². The van der Waals surface area contributed by atoms with E-state index < -0.39 is 0 Å². The molecule has 0 aliphatic heterocycles. The van der Waals surface area contributed by atoms with Gasteiger partial charge in [0.1, 0.15) is 25.6 Å². The highest BCUT2D eigenvalue weighted by Crippen LogP contribution is 2.31. The van der Waals surface area contributed by atoms with Gasteiger partial charge in [0.05, 0.1) is 0 Å². The zero-order chi connectivity index (χ0) is 25.8. The van der Waals surface area contributed by atoms with Gasteiger partial charge >= 0.3 is 0 Å². The van der Waals surface area contributed by atoms with Crippen LogP contribution < -0.4 is 14.2 Å². The first-order valence-electron chi connectivity index (χ1n) is 12.7. The number of hydrogen-bond donors (Lipinski definition) is 0. The normalized spacial score (nSPS) is 10.8. The van der Waals surface area contributed by atoms with Crippen LogP contribution in [0.1, 0.15) is 27.8 Å². The zero-order valence-corrected chi connectivity index (χ0v) is 21.2. The summed E-state index contributed by atoms with van der Waals surface area (Å²) in [6.45, 7) is 1.51. The Morgan fingerprint density at radius 1 is 0.395 bits per heavy atom. The summed E-state index contributed by atoms with van der Waals surface area (Å²) in [5.74, 6) is 2.29. The summed E-state index contributed by atoms with van der Waals surface area (Å²) in [6, 6.07) is 44.6. The molecule has 0 aromatic heterocycles. The van der Waals surface area contributed by atoms with Gasteiger partial charge in [-0.15, -0.1) is 0 Å². The Hall–Kier alpha value is -4.76. The van der Waals surface area contributed by atoms with Crippen LogP contribution in [0.3, 0.4) is 0 Å². The minimum absolute atomic E-state index is 0.472. The van der Waals surface area contributed by atoms with Crippen molar-refractivity contribution >= 4 is 12.2 Å². The third kappa shape index (κ3) is 7.37. The molecule has 0 amide bonds. The molecule has 0 unspecified atom stereocenters. The fourth-order valence-electron chi connectivity index (χ4n) is 3.94. The van der Waals surface area contributed by atoms with E-state index in [1.807, 2.05) is 84.9 Å². The molecule has 0 N–H and O–H groups in total. The van der Waals surface area contributed by atoms with Gasteiger partial charge in [0.15, 0.2) is 11.5 Å². The Labute approximate surface area is 224 Å². The fraction of sp³-hybridized carbons (Fsp3) is 0.0857. The lowest BCUT2D eigenvalue weighted by molar-refractivity contribution is 0.256. The maximum atomic E-state index is 6.21. The van der Waals surface area contributed by atoms with Crippen molar-refractivity contribution in [2.24, 2.45) is 0 Å². The second kappa shape index (κ2) is 13.0. The Bertz CT molecular complexity index is 1430. The lowest BCUT2D eigenvalue weighted by atomic mass is 10.1. The van der Waals surface area contributed by atoms with E-state index in [0.717, 1.165) is 45.1 Å². The van der Waals surface area contributed by atoms with Gasteiger partial charge in [-0.2, -0.15) is 0 Å². The summed E-state index contributed by atoms with van der Waals surface area (Å²) >= 11 is 0. The molecule has 5 aromatic rings.